The molecule has 2 rings (SSSR count). The summed E-state index contributed by atoms with van der Waals surface area (Å²) in [5.41, 5.74) is 0.212. The average molecular weight is 389 g/mol. The summed E-state index contributed by atoms with van der Waals surface area (Å²) in [7, 11) is 1.57. The standard InChI is InChI=1S/C22H32N2O4/c1-7-23(8-2)12-13-24-18(15-10-9-11-16(14-15)28-6)17(19(25)21(24)27)20(26)22(3,4)5/h9-11,14,18,25H,7-8,12-13H2,1-6H3. The van der Waals surface area contributed by atoms with Gasteiger partial charge >= 0.3 is 0 Å². The van der Waals surface area contributed by atoms with Gasteiger partial charge in [0.1, 0.15) is 5.75 Å². The average Bonchev–Trinajstić information content (AvgIpc) is 2.92. The third-order valence-electron chi connectivity index (χ3n) is 5.19. The van der Waals surface area contributed by atoms with Gasteiger partial charge in [-0.1, -0.05) is 46.8 Å². The summed E-state index contributed by atoms with van der Waals surface area (Å²) in [6.07, 6.45) is 0. The minimum Gasteiger partial charge on any atom is -0.503 e. The Hall–Kier alpha value is -2.34. The Morgan fingerprint density at radius 2 is 1.89 bits per heavy atom. The van der Waals surface area contributed by atoms with Gasteiger partial charge in [0.15, 0.2) is 11.5 Å². The molecule has 0 aromatic heterocycles. The molecule has 1 amide bonds. The molecule has 0 fully saturated rings. The molecule has 1 heterocycles. The van der Waals surface area contributed by atoms with Crippen molar-refractivity contribution >= 4 is 11.7 Å². The molecular formula is C22H32N2O4. The summed E-state index contributed by atoms with van der Waals surface area (Å²) >= 11 is 0. The predicted octanol–water partition coefficient (Wildman–Crippen LogP) is 3.35. The molecule has 0 saturated heterocycles. The van der Waals surface area contributed by atoms with Gasteiger partial charge in [-0.05, 0) is 30.8 Å². The van der Waals surface area contributed by atoms with Gasteiger partial charge in [-0.25, -0.2) is 0 Å². The number of carbonyl (C=O) groups is 2. The number of ether oxygens (including phenoxy) is 1. The van der Waals surface area contributed by atoms with Crippen molar-refractivity contribution in [2.45, 2.75) is 40.7 Å². The molecule has 1 aromatic carbocycles. The van der Waals surface area contributed by atoms with Gasteiger partial charge in [0.2, 0.25) is 0 Å². The van der Waals surface area contributed by atoms with Crippen molar-refractivity contribution in [3.05, 3.63) is 41.2 Å². The van der Waals surface area contributed by atoms with Crippen molar-refractivity contribution in [3.8, 4) is 5.75 Å². The highest BCUT2D eigenvalue weighted by atomic mass is 16.5. The van der Waals surface area contributed by atoms with E-state index in [1.807, 2.05) is 24.3 Å². The van der Waals surface area contributed by atoms with Crippen LogP contribution in [0, 0.1) is 5.41 Å². The van der Waals surface area contributed by atoms with Crippen molar-refractivity contribution in [1.29, 1.82) is 0 Å². The first-order chi connectivity index (χ1) is 13.1. The highest BCUT2D eigenvalue weighted by molar-refractivity contribution is 6.10. The van der Waals surface area contributed by atoms with Crippen LogP contribution in [-0.4, -0.2) is 59.9 Å². The topological polar surface area (TPSA) is 70.1 Å². The maximum atomic E-state index is 13.1. The van der Waals surface area contributed by atoms with Gasteiger partial charge in [-0.3, -0.25) is 9.59 Å². The number of methoxy groups -OCH3 is 1. The zero-order valence-corrected chi connectivity index (χ0v) is 17.8. The first-order valence-corrected chi connectivity index (χ1v) is 9.80. The fourth-order valence-corrected chi connectivity index (χ4v) is 3.47. The molecule has 0 spiro atoms. The fraction of sp³-hybridized carbons (Fsp3) is 0.545. The predicted molar refractivity (Wildman–Crippen MR) is 109 cm³/mol. The lowest BCUT2D eigenvalue weighted by molar-refractivity contribution is -0.129. The van der Waals surface area contributed by atoms with Crippen molar-refractivity contribution in [3.63, 3.8) is 0 Å². The van der Waals surface area contributed by atoms with Crippen LogP contribution in [0.4, 0.5) is 0 Å². The van der Waals surface area contributed by atoms with E-state index >= 15 is 0 Å². The van der Waals surface area contributed by atoms with Crippen LogP contribution in [0.15, 0.2) is 35.6 Å². The van der Waals surface area contributed by atoms with E-state index in [1.54, 1.807) is 32.8 Å². The van der Waals surface area contributed by atoms with Crippen LogP contribution in [0.25, 0.3) is 0 Å². The third kappa shape index (κ3) is 4.38. The van der Waals surface area contributed by atoms with Crippen molar-refractivity contribution in [2.24, 2.45) is 5.41 Å². The number of benzene rings is 1. The maximum Gasteiger partial charge on any atom is 0.290 e. The van der Waals surface area contributed by atoms with Crippen molar-refractivity contribution in [2.75, 3.05) is 33.3 Å². The lowest BCUT2D eigenvalue weighted by Crippen LogP contribution is -2.39. The number of ketones is 1. The second-order valence-electron chi connectivity index (χ2n) is 8.05. The Morgan fingerprint density at radius 1 is 1.25 bits per heavy atom. The molecule has 154 valence electrons. The molecule has 0 radical (unpaired) electrons. The van der Waals surface area contributed by atoms with Crippen LogP contribution in [0.3, 0.4) is 0 Å². The Morgan fingerprint density at radius 3 is 2.43 bits per heavy atom. The second-order valence-corrected chi connectivity index (χ2v) is 8.05. The van der Waals surface area contributed by atoms with E-state index in [1.165, 1.54) is 0 Å². The van der Waals surface area contributed by atoms with Gasteiger partial charge in [0, 0.05) is 18.5 Å². The first-order valence-electron chi connectivity index (χ1n) is 9.80. The lowest BCUT2D eigenvalue weighted by atomic mass is 9.82. The number of aliphatic hydroxyl groups excluding tert-OH is 1. The molecule has 28 heavy (non-hydrogen) atoms. The van der Waals surface area contributed by atoms with Crippen LogP contribution in [-0.2, 0) is 9.59 Å². The Balaban J connectivity index is 2.50. The SMILES string of the molecule is CCN(CC)CCN1C(=O)C(O)=C(C(=O)C(C)(C)C)C1c1cccc(OC)c1. The number of carbonyl (C=O) groups excluding carboxylic acids is 2. The minimum atomic E-state index is -0.713. The van der Waals surface area contributed by atoms with Crippen LogP contribution in [0.2, 0.25) is 0 Å². The quantitative estimate of drug-likeness (QED) is 0.740. The third-order valence-corrected chi connectivity index (χ3v) is 5.19. The summed E-state index contributed by atoms with van der Waals surface area (Å²) in [5.74, 6) is -0.515. The summed E-state index contributed by atoms with van der Waals surface area (Å²) in [6, 6.07) is 6.70. The highest BCUT2D eigenvalue weighted by Crippen LogP contribution is 2.41. The van der Waals surface area contributed by atoms with Gasteiger partial charge in [-0.2, -0.15) is 0 Å². The van der Waals surface area contributed by atoms with Gasteiger partial charge in [0.05, 0.1) is 18.7 Å². The summed E-state index contributed by atoms with van der Waals surface area (Å²) in [6.45, 7) is 12.4. The molecule has 1 aliphatic heterocycles. The number of likely N-dealkylation sites (N-methyl/N-ethyl adjacent to an activating group) is 1. The number of hydrogen-bond donors (Lipinski definition) is 1. The molecule has 6 heteroatoms. The smallest absolute Gasteiger partial charge is 0.290 e. The minimum absolute atomic E-state index is 0.172. The van der Waals surface area contributed by atoms with E-state index in [2.05, 4.69) is 18.7 Å². The molecule has 1 unspecified atom stereocenters. The number of rotatable bonds is 8. The van der Waals surface area contributed by atoms with E-state index < -0.39 is 23.1 Å². The largest absolute Gasteiger partial charge is 0.503 e. The molecule has 6 nitrogen and oxygen atoms in total. The fourth-order valence-electron chi connectivity index (χ4n) is 3.47. The molecule has 0 bridgehead atoms. The molecular weight excluding hydrogens is 356 g/mol. The number of aliphatic hydroxyl groups is 1. The summed E-state index contributed by atoms with van der Waals surface area (Å²) in [4.78, 5) is 29.8. The monoisotopic (exact) mass is 388 g/mol. The van der Waals surface area contributed by atoms with Gasteiger partial charge in [0.25, 0.3) is 5.91 Å². The van der Waals surface area contributed by atoms with E-state index in [4.69, 9.17) is 4.74 Å². The molecule has 1 atom stereocenters. The number of hydrogen-bond acceptors (Lipinski definition) is 5. The van der Waals surface area contributed by atoms with E-state index in [9.17, 15) is 14.7 Å². The van der Waals surface area contributed by atoms with Crippen molar-refractivity contribution in [1.82, 2.24) is 9.80 Å². The first kappa shape index (κ1) is 22.0. The molecule has 1 aliphatic rings. The summed E-state index contributed by atoms with van der Waals surface area (Å²) in [5, 5.41) is 10.6. The van der Waals surface area contributed by atoms with Crippen LogP contribution in [0.5, 0.6) is 5.75 Å². The number of nitrogens with zero attached hydrogens (tertiary/aromatic N) is 2. The molecule has 1 aromatic rings. The summed E-state index contributed by atoms with van der Waals surface area (Å²) < 4.78 is 5.32. The number of Topliss-reactive ketones (excluding diaryl/α,β-unsaturated/α-hetero) is 1. The van der Waals surface area contributed by atoms with E-state index in [0.29, 0.717) is 18.8 Å². The van der Waals surface area contributed by atoms with Crippen LogP contribution in [0.1, 0.15) is 46.2 Å². The Bertz CT molecular complexity index is 760. The molecule has 1 N–H and O–H groups in total. The molecule has 0 aliphatic carbocycles. The maximum absolute atomic E-state index is 13.1. The Kier molecular flexibility index (Phi) is 6.88. The normalized spacial score (nSPS) is 17.6. The van der Waals surface area contributed by atoms with E-state index in [0.717, 1.165) is 18.7 Å². The van der Waals surface area contributed by atoms with Crippen LogP contribution >= 0.6 is 0 Å². The van der Waals surface area contributed by atoms with Gasteiger partial charge in [-0.15, -0.1) is 0 Å². The van der Waals surface area contributed by atoms with Gasteiger partial charge < -0.3 is 19.6 Å². The second kappa shape index (κ2) is 8.78. The lowest BCUT2D eigenvalue weighted by Gasteiger charge is -2.30. The number of amides is 1. The zero-order valence-electron chi connectivity index (χ0n) is 17.8. The van der Waals surface area contributed by atoms with E-state index in [-0.39, 0.29) is 11.4 Å². The van der Waals surface area contributed by atoms with Crippen molar-refractivity contribution < 1.29 is 19.4 Å². The molecule has 0 saturated carbocycles. The Labute approximate surface area is 167 Å². The van der Waals surface area contributed by atoms with Crippen LogP contribution < -0.4 is 4.74 Å². The highest BCUT2D eigenvalue weighted by Gasteiger charge is 2.45. The zero-order chi connectivity index (χ0) is 21.1.